The fourth-order valence-corrected chi connectivity index (χ4v) is 4.58. The second-order valence-electron chi connectivity index (χ2n) is 8.09. The molecule has 1 aliphatic rings. The van der Waals surface area contributed by atoms with Crippen LogP contribution in [0, 0.1) is 5.41 Å². The molecule has 0 aliphatic carbocycles. The van der Waals surface area contributed by atoms with Crippen LogP contribution in [0.15, 0.2) is 60.9 Å². The number of rotatable bonds is 6. The molecule has 0 bridgehead atoms. The quantitative estimate of drug-likeness (QED) is 0.231. The first-order valence-electron chi connectivity index (χ1n) is 10.5. The molecular weight excluding hydrogens is 438 g/mol. The Morgan fingerprint density at radius 2 is 1.45 bits per heavy atom. The number of nitrogens with one attached hydrogen (secondary N) is 2. The Balaban J connectivity index is 0.00000259. The van der Waals surface area contributed by atoms with Crippen molar-refractivity contribution in [2.75, 3.05) is 0 Å². The van der Waals surface area contributed by atoms with E-state index in [1.54, 1.807) is 0 Å². The third-order valence-corrected chi connectivity index (χ3v) is 6.00. The molecule has 0 fully saturated rings. The van der Waals surface area contributed by atoms with Gasteiger partial charge in [-0.15, -0.1) is 12.4 Å². The summed E-state index contributed by atoms with van der Waals surface area (Å²) in [7, 11) is 1.93. The van der Waals surface area contributed by atoms with Crippen LogP contribution >= 0.6 is 12.4 Å². The first-order chi connectivity index (χ1) is 15.5. The number of amides is 2. The van der Waals surface area contributed by atoms with Gasteiger partial charge in [-0.2, -0.15) is 0 Å². The summed E-state index contributed by atoms with van der Waals surface area (Å²) >= 11 is 0. The van der Waals surface area contributed by atoms with Crippen molar-refractivity contribution in [3.8, 4) is 0 Å². The number of carbonyl (C=O) groups is 2. The summed E-state index contributed by atoms with van der Waals surface area (Å²) in [6.45, 7) is 0.659. The van der Waals surface area contributed by atoms with Crippen LogP contribution < -0.4 is 11.1 Å². The molecule has 33 heavy (non-hydrogen) atoms. The minimum absolute atomic E-state index is 0. The van der Waals surface area contributed by atoms with Crippen LogP contribution in [-0.4, -0.2) is 26.8 Å². The molecule has 0 radical (unpaired) electrons. The standard InChI is InChI=1S/C25H23N5O2.ClH/c1-29-13-17(15-7-2-4-9-19(15)29)22-23(25(32)28-24(22)31)18-14-30(12-6-11-21(26)27)20-10-5-3-8-16(18)20;/h2-5,7-10,13-14H,6,11-12H2,1H3,(H3,26,27)(H,28,31,32);1H. The monoisotopic (exact) mass is 461 g/mol. The van der Waals surface area contributed by atoms with Crippen molar-refractivity contribution in [3.63, 3.8) is 0 Å². The predicted octanol–water partition coefficient (Wildman–Crippen LogP) is 3.84. The lowest BCUT2D eigenvalue weighted by Gasteiger charge is -2.04. The lowest BCUT2D eigenvalue weighted by molar-refractivity contribution is -0.122. The van der Waals surface area contributed by atoms with Gasteiger partial charge in [-0.05, 0) is 18.6 Å². The van der Waals surface area contributed by atoms with Crippen LogP contribution in [0.4, 0.5) is 0 Å². The first kappa shape index (κ1) is 22.4. The summed E-state index contributed by atoms with van der Waals surface area (Å²) in [5.74, 6) is -0.609. The highest BCUT2D eigenvalue weighted by Crippen LogP contribution is 2.38. The molecule has 4 N–H and O–H groups in total. The summed E-state index contributed by atoms with van der Waals surface area (Å²) in [5, 5.41) is 11.8. The van der Waals surface area contributed by atoms with E-state index in [0.29, 0.717) is 30.5 Å². The van der Waals surface area contributed by atoms with Crippen molar-refractivity contribution >= 4 is 63.0 Å². The predicted molar refractivity (Wildman–Crippen MR) is 133 cm³/mol. The first-order valence-corrected chi connectivity index (χ1v) is 10.5. The Kier molecular flexibility index (Phi) is 5.82. The van der Waals surface area contributed by atoms with Crippen LogP contribution in [0.25, 0.3) is 33.0 Å². The Labute approximate surface area is 196 Å². The van der Waals surface area contributed by atoms with Crippen molar-refractivity contribution in [2.45, 2.75) is 19.4 Å². The van der Waals surface area contributed by atoms with Crippen molar-refractivity contribution in [1.29, 1.82) is 5.41 Å². The molecule has 0 atom stereocenters. The molecule has 3 heterocycles. The molecule has 2 aromatic carbocycles. The molecule has 4 aromatic rings. The Hall–Kier alpha value is -3.84. The average molecular weight is 462 g/mol. The number of aromatic nitrogens is 2. The molecule has 0 unspecified atom stereocenters. The number of amidine groups is 1. The Morgan fingerprint density at radius 3 is 2.09 bits per heavy atom. The van der Waals surface area contributed by atoms with E-state index < -0.39 is 0 Å². The van der Waals surface area contributed by atoms with Crippen LogP contribution in [0.3, 0.4) is 0 Å². The molecule has 168 valence electrons. The van der Waals surface area contributed by atoms with Gasteiger partial charge in [0.25, 0.3) is 11.8 Å². The lowest BCUT2D eigenvalue weighted by Crippen LogP contribution is -2.22. The zero-order chi connectivity index (χ0) is 22.4. The average Bonchev–Trinajstić information content (AvgIpc) is 3.39. The third-order valence-electron chi connectivity index (χ3n) is 6.00. The second-order valence-corrected chi connectivity index (χ2v) is 8.09. The maximum Gasteiger partial charge on any atom is 0.259 e. The number of benzene rings is 2. The SMILES string of the molecule is Cl.Cn1cc(C2=C(c3cn(CCCC(=N)N)c4ccccc34)C(=O)NC2=O)c2ccccc21. The number of hydrogen-bond acceptors (Lipinski definition) is 3. The molecule has 0 saturated carbocycles. The maximum atomic E-state index is 13.0. The van der Waals surface area contributed by atoms with E-state index >= 15 is 0 Å². The Morgan fingerprint density at radius 1 is 0.909 bits per heavy atom. The molecule has 5 rings (SSSR count). The van der Waals surface area contributed by atoms with Crippen LogP contribution in [0.2, 0.25) is 0 Å². The highest BCUT2D eigenvalue weighted by Gasteiger charge is 2.35. The zero-order valence-electron chi connectivity index (χ0n) is 18.1. The molecular formula is C25H24ClN5O2. The highest BCUT2D eigenvalue weighted by molar-refractivity contribution is 6.50. The number of aryl methyl sites for hydroxylation is 2. The fourth-order valence-electron chi connectivity index (χ4n) is 4.58. The van der Waals surface area contributed by atoms with Crippen molar-refractivity contribution < 1.29 is 9.59 Å². The molecule has 2 aromatic heterocycles. The van der Waals surface area contributed by atoms with Crippen LogP contribution in [0.5, 0.6) is 0 Å². The number of halogens is 1. The van der Waals surface area contributed by atoms with Gasteiger partial charge in [-0.3, -0.25) is 20.3 Å². The molecule has 0 saturated heterocycles. The van der Waals surface area contributed by atoms with Crippen LogP contribution in [-0.2, 0) is 23.2 Å². The van der Waals surface area contributed by atoms with Gasteiger partial charge < -0.3 is 14.9 Å². The van der Waals surface area contributed by atoms with E-state index in [1.807, 2.05) is 72.5 Å². The van der Waals surface area contributed by atoms with E-state index in [1.165, 1.54) is 0 Å². The van der Waals surface area contributed by atoms with Gasteiger partial charge in [0.05, 0.1) is 17.0 Å². The van der Waals surface area contributed by atoms with Crippen LogP contribution in [0.1, 0.15) is 24.0 Å². The summed E-state index contributed by atoms with van der Waals surface area (Å²) in [5.41, 5.74) is 9.75. The van der Waals surface area contributed by atoms with E-state index in [9.17, 15) is 9.59 Å². The van der Waals surface area contributed by atoms with E-state index in [4.69, 9.17) is 11.1 Å². The number of imide groups is 1. The molecule has 0 spiro atoms. The number of nitrogens with two attached hydrogens (primary N) is 1. The zero-order valence-corrected chi connectivity index (χ0v) is 18.9. The van der Waals surface area contributed by atoms with E-state index in [0.717, 1.165) is 32.9 Å². The minimum Gasteiger partial charge on any atom is -0.388 e. The fraction of sp³-hybridized carbons (Fsp3) is 0.160. The van der Waals surface area contributed by atoms with Gasteiger partial charge in [-0.1, -0.05) is 36.4 Å². The Bertz CT molecular complexity index is 1460. The normalized spacial score (nSPS) is 13.6. The van der Waals surface area contributed by atoms with Crippen molar-refractivity contribution in [3.05, 3.63) is 72.1 Å². The molecule has 7 nitrogen and oxygen atoms in total. The van der Waals surface area contributed by atoms with Gasteiger partial charge in [0, 0.05) is 65.3 Å². The van der Waals surface area contributed by atoms with Gasteiger partial charge in [-0.25, -0.2) is 0 Å². The summed E-state index contributed by atoms with van der Waals surface area (Å²) in [4.78, 5) is 26.0. The van der Waals surface area contributed by atoms with Gasteiger partial charge in [0.15, 0.2) is 0 Å². The largest absolute Gasteiger partial charge is 0.388 e. The van der Waals surface area contributed by atoms with E-state index in [-0.39, 0.29) is 30.1 Å². The van der Waals surface area contributed by atoms with Gasteiger partial charge >= 0.3 is 0 Å². The summed E-state index contributed by atoms with van der Waals surface area (Å²) < 4.78 is 4.04. The topological polar surface area (TPSA) is 106 Å². The smallest absolute Gasteiger partial charge is 0.259 e. The molecule has 2 amide bonds. The maximum absolute atomic E-state index is 13.0. The number of fused-ring (bicyclic) bond motifs is 2. The number of hydrogen-bond donors (Lipinski definition) is 3. The second kappa shape index (κ2) is 8.60. The third kappa shape index (κ3) is 3.70. The van der Waals surface area contributed by atoms with Crippen molar-refractivity contribution in [2.24, 2.45) is 12.8 Å². The van der Waals surface area contributed by atoms with Gasteiger partial charge in [0.2, 0.25) is 0 Å². The molecule has 8 heteroatoms. The summed E-state index contributed by atoms with van der Waals surface area (Å²) in [6, 6.07) is 15.7. The van der Waals surface area contributed by atoms with Crippen molar-refractivity contribution in [1.82, 2.24) is 14.5 Å². The number of nitrogens with zero attached hydrogens (tertiary/aromatic N) is 2. The summed E-state index contributed by atoms with van der Waals surface area (Å²) in [6.07, 6.45) is 5.06. The lowest BCUT2D eigenvalue weighted by atomic mass is 9.95. The number of carbonyl (C=O) groups excluding carboxylic acids is 2. The number of para-hydroxylation sites is 2. The highest BCUT2D eigenvalue weighted by atomic mass is 35.5. The van der Waals surface area contributed by atoms with E-state index in [2.05, 4.69) is 9.88 Å². The van der Waals surface area contributed by atoms with Gasteiger partial charge in [0.1, 0.15) is 0 Å². The molecule has 1 aliphatic heterocycles. The minimum atomic E-state index is -0.385.